The minimum absolute atomic E-state index is 0.0276. The van der Waals surface area contributed by atoms with Gasteiger partial charge in [-0.2, -0.15) is 13.2 Å². The number of thiazole rings is 1. The molecule has 1 aromatic carbocycles. The van der Waals surface area contributed by atoms with E-state index < -0.39 is 35.6 Å². The molecule has 15 heteroatoms. The number of nitrogens with one attached hydrogen (secondary N) is 1. The Balaban J connectivity index is 1.40. The molecule has 1 atom stereocenters. The lowest BCUT2D eigenvalue weighted by Gasteiger charge is -2.42. The van der Waals surface area contributed by atoms with Crippen molar-refractivity contribution in [3.05, 3.63) is 52.6 Å². The number of hydrogen-bond acceptors (Lipinski definition) is 9. The lowest BCUT2D eigenvalue weighted by atomic mass is 9.98. The first-order valence-electron chi connectivity index (χ1n) is 13.8. The van der Waals surface area contributed by atoms with Gasteiger partial charge in [-0.25, -0.2) is 19.7 Å². The Morgan fingerprint density at radius 3 is 2.41 bits per heavy atom. The van der Waals surface area contributed by atoms with Gasteiger partial charge in [-0.1, -0.05) is 0 Å². The van der Waals surface area contributed by atoms with Crippen molar-refractivity contribution in [1.29, 1.82) is 0 Å². The highest BCUT2D eigenvalue weighted by atomic mass is 32.1. The summed E-state index contributed by atoms with van der Waals surface area (Å²) in [4.78, 5) is 54.3. The molecule has 2 aliphatic rings. The molecule has 3 aromatic rings. The third-order valence-corrected chi connectivity index (χ3v) is 7.88. The largest absolute Gasteiger partial charge is 0.481 e. The summed E-state index contributed by atoms with van der Waals surface area (Å²) >= 11 is 1.39. The minimum Gasteiger partial charge on any atom is -0.481 e. The molecule has 0 radical (unpaired) electrons. The predicted octanol–water partition coefficient (Wildman–Crippen LogP) is 5.01. The summed E-state index contributed by atoms with van der Waals surface area (Å²) in [6, 6.07) is 2.44. The molecule has 1 fully saturated rings. The standard InChI is InChI=1S/C29H31F3N6O5S/c1-15-8-33-25(44-15)20-6-18(24(40)36-16(2)19-9-34-26(35-10-19)29(30,31)32)7-21-23(20)42-14-22(39)38(21)13-17-11-37(12-17)27(41)43-28(3,4)5/h6-10,16-17H,11-14H2,1-5H3,(H,36,40)/t16-/m1/s1. The average molecular weight is 633 g/mol. The van der Waals surface area contributed by atoms with Crippen molar-refractivity contribution in [3.8, 4) is 16.3 Å². The lowest BCUT2D eigenvalue weighted by Crippen LogP contribution is -2.56. The number of hydrogen-bond donors (Lipinski definition) is 1. The van der Waals surface area contributed by atoms with Gasteiger partial charge in [-0.3, -0.25) is 9.59 Å². The fraction of sp³-hybridized carbons (Fsp3) is 0.448. The van der Waals surface area contributed by atoms with Crippen LogP contribution in [0.2, 0.25) is 0 Å². The van der Waals surface area contributed by atoms with Crippen LogP contribution >= 0.6 is 11.3 Å². The molecule has 0 spiro atoms. The number of aromatic nitrogens is 3. The summed E-state index contributed by atoms with van der Waals surface area (Å²) < 4.78 is 50.0. The van der Waals surface area contributed by atoms with Gasteiger partial charge in [0, 0.05) is 60.1 Å². The van der Waals surface area contributed by atoms with Crippen LogP contribution in [-0.2, 0) is 15.7 Å². The molecule has 0 unspecified atom stereocenters. The Kier molecular flexibility index (Phi) is 8.27. The van der Waals surface area contributed by atoms with Crippen molar-refractivity contribution < 1.29 is 37.0 Å². The number of aryl methyl sites for hydroxylation is 1. The molecule has 0 bridgehead atoms. The number of alkyl halides is 3. The Labute approximate surface area is 255 Å². The molecule has 1 N–H and O–H groups in total. The van der Waals surface area contributed by atoms with Crippen LogP contribution in [0.5, 0.6) is 5.75 Å². The maximum absolute atomic E-state index is 13.5. The number of rotatable bonds is 6. The molecule has 234 valence electrons. The molecule has 1 saturated heterocycles. The van der Waals surface area contributed by atoms with Crippen molar-refractivity contribution in [2.24, 2.45) is 5.92 Å². The highest BCUT2D eigenvalue weighted by Crippen LogP contribution is 2.44. The van der Waals surface area contributed by atoms with E-state index in [1.165, 1.54) is 11.3 Å². The van der Waals surface area contributed by atoms with Gasteiger partial charge in [0.25, 0.3) is 11.8 Å². The first kappa shape index (κ1) is 31.2. The summed E-state index contributed by atoms with van der Waals surface area (Å²) in [7, 11) is 0. The minimum atomic E-state index is -4.68. The summed E-state index contributed by atoms with van der Waals surface area (Å²) in [6.45, 7) is 9.75. The Hall–Kier alpha value is -4.27. The normalized spacial score (nSPS) is 16.1. The number of carbonyl (C=O) groups is 3. The molecule has 11 nitrogen and oxygen atoms in total. The van der Waals surface area contributed by atoms with Gasteiger partial charge in [0.2, 0.25) is 5.82 Å². The van der Waals surface area contributed by atoms with Crippen molar-refractivity contribution in [3.63, 3.8) is 0 Å². The topological polar surface area (TPSA) is 127 Å². The molecule has 3 amide bonds. The van der Waals surface area contributed by atoms with Gasteiger partial charge >= 0.3 is 12.3 Å². The van der Waals surface area contributed by atoms with Crippen LogP contribution < -0.4 is 15.0 Å². The fourth-order valence-electron chi connectivity index (χ4n) is 4.77. The molecule has 2 aromatic heterocycles. The van der Waals surface area contributed by atoms with Crippen LogP contribution in [0.4, 0.5) is 23.7 Å². The van der Waals surface area contributed by atoms with E-state index in [-0.39, 0.29) is 36.1 Å². The molecule has 2 aliphatic heterocycles. The summed E-state index contributed by atoms with van der Waals surface area (Å²) in [5.74, 6) is -1.73. The van der Waals surface area contributed by atoms with Crippen molar-refractivity contribution in [2.75, 3.05) is 31.1 Å². The number of halogens is 3. The zero-order chi connectivity index (χ0) is 32.0. The Morgan fingerprint density at radius 1 is 1.14 bits per heavy atom. The van der Waals surface area contributed by atoms with E-state index in [9.17, 15) is 27.6 Å². The highest BCUT2D eigenvalue weighted by molar-refractivity contribution is 7.15. The molecule has 4 heterocycles. The maximum atomic E-state index is 13.5. The first-order chi connectivity index (χ1) is 20.6. The van der Waals surface area contributed by atoms with Crippen LogP contribution in [-0.4, -0.2) is 69.6 Å². The predicted molar refractivity (Wildman–Crippen MR) is 154 cm³/mol. The molecular weight excluding hydrogens is 601 g/mol. The number of nitrogens with zero attached hydrogens (tertiary/aromatic N) is 5. The van der Waals surface area contributed by atoms with Crippen molar-refractivity contribution in [1.82, 2.24) is 25.2 Å². The van der Waals surface area contributed by atoms with Crippen LogP contribution in [0.3, 0.4) is 0 Å². The molecular formula is C29H31F3N6O5S. The highest BCUT2D eigenvalue weighted by Gasteiger charge is 2.39. The Bertz CT molecular complexity index is 1580. The van der Waals surface area contributed by atoms with Crippen LogP contribution in [0, 0.1) is 12.8 Å². The Morgan fingerprint density at radius 2 is 1.82 bits per heavy atom. The van der Waals surface area contributed by atoms with E-state index in [4.69, 9.17) is 9.47 Å². The summed E-state index contributed by atoms with van der Waals surface area (Å²) in [5, 5.41) is 3.36. The second-order valence-corrected chi connectivity index (χ2v) is 13.0. The third-order valence-electron chi connectivity index (χ3n) is 6.94. The number of carbonyl (C=O) groups excluding carboxylic acids is 3. The maximum Gasteiger partial charge on any atom is 0.451 e. The zero-order valence-corrected chi connectivity index (χ0v) is 25.5. The summed E-state index contributed by atoms with van der Waals surface area (Å²) in [5.41, 5.74) is 0.758. The fourth-order valence-corrected chi connectivity index (χ4v) is 5.55. The number of fused-ring (bicyclic) bond motifs is 1. The van der Waals surface area contributed by atoms with Crippen LogP contribution in [0.1, 0.15) is 60.4 Å². The van der Waals surface area contributed by atoms with E-state index in [0.717, 1.165) is 17.3 Å². The van der Waals surface area contributed by atoms with Crippen LogP contribution in [0.15, 0.2) is 30.7 Å². The van der Waals surface area contributed by atoms with Gasteiger partial charge in [0.1, 0.15) is 10.6 Å². The molecule has 5 rings (SSSR count). The van der Waals surface area contributed by atoms with Gasteiger partial charge in [0.15, 0.2) is 12.4 Å². The number of ether oxygens (including phenoxy) is 2. The van der Waals surface area contributed by atoms with E-state index in [1.807, 2.05) is 6.92 Å². The quantitative estimate of drug-likeness (QED) is 0.402. The number of amides is 3. The molecule has 0 saturated carbocycles. The smallest absolute Gasteiger partial charge is 0.451 e. The third kappa shape index (κ3) is 6.77. The van der Waals surface area contributed by atoms with E-state index in [2.05, 4.69) is 20.3 Å². The van der Waals surface area contributed by atoms with Gasteiger partial charge in [-0.05, 0) is 46.8 Å². The summed E-state index contributed by atoms with van der Waals surface area (Å²) in [6.07, 6.45) is -1.37. The van der Waals surface area contributed by atoms with E-state index in [0.29, 0.717) is 35.1 Å². The van der Waals surface area contributed by atoms with E-state index >= 15 is 0 Å². The van der Waals surface area contributed by atoms with Crippen molar-refractivity contribution in [2.45, 2.75) is 52.4 Å². The lowest BCUT2D eigenvalue weighted by molar-refractivity contribution is -0.145. The van der Waals surface area contributed by atoms with Gasteiger partial charge in [0.05, 0.1) is 17.3 Å². The molecule has 44 heavy (non-hydrogen) atoms. The zero-order valence-electron chi connectivity index (χ0n) is 24.7. The van der Waals surface area contributed by atoms with E-state index in [1.54, 1.807) is 55.8 Å². The van der Waals surface area contributed by atoms with Crippen LogP contribution in [0.25, 0.3) is 10.6 Å². The average Bonchev–Trinajstić information content (AvgIpc) is 3.35. The SMILES string of the molecule is Cc1cnc(-c2cc(C(=O)N[C@H](C)c3cnc(C(F)(F)F)nc3)cc3c2OCC(=O)N3CC2CN(C(=O)OC(C)(C)C)C2)s1. The second kappa shape index (κ2) is 11.7. The second-order valence-electron chi connectivity index (χ2n) is 11.7. The number of benzene rings is 1. The van der Waals surface area contributed by atoms with Crippen molar-refractivity contribution >= 4 is 34.9 Å². The van der Waals surface area contributed by atoms with Gasteiger partial charge < -0.3 is 24.6 Å². The number of likely N-dealkylation sites (tertiary alicyclic amines) is 1. The number of anilines is 1. The first-order valence-corrected chi connectivity index (χ1v) is 14.6. The molecule has 0 aliphatic carbocycles. The van der Waals surface area contributed by atoms with Gasteiger partial charge in [-0.15, -0.1) is 11.3 Å². The monoisotopic (exact) mass is 632 g/mol.